The van der Waals surface area contributed by atoms with E-state index in [1.807, 2.05) is 12.1 Å². The Hall–Kier alpha value is -1.96. The second kappa shape index (κ2) is 4.96. The average molecular weight is 253 g/mol. The van der Waals surface area contributed by atoms with E-state index in [4.69, 9.17) is 4.74 Å². The van der Waals surface area contributed by atoms with Crippen LogP contribution in [0, 0.1) is 0 Å². The zero-order valence-corrected chi connectivity index (χ0v) is 11.4. The molecule has 2 aromatic carbocycles. The summed E-state index contributed by atoms with van der Waals surface area (Å²) in [6.45, 7) is 2.25. The Labute approximate surface area is 114 Å². The smallest absolute Gasteiger partial charge is 0.122 e. The van der Waals surface area contributed by atoms with E-state index in [2.05, 4.69) is 48.6 Å². The topological polar surface area (TPSA) is 21.3 Å². The van der Waals surface area contributed by atoms with Gasteiger partial charge in [0.05, 0.1) is 7.11 Å². The summed E-state index contributed by atoms with van der Waals surface area (Å²) in [6, 6.07) is 17.4. The molecular weight excluding hydrogens is 234 g/mol. The minimum atomic E-state index is 0.460. The van der Waals surface area contributed by atoms with Crippen molar-refractivity contribution in [2.75, 3.05) is 12.4 Å². The van der Waals surface area contributed by atoms with Crippen LogP contribution in [0.1, 0.15) is 24.0 Å². The second-order valence-corrected chi connectivity index (χ2v) is 5.14. The fraction of sp³-hybridized carbons (Fsp3) is 0.294. The van der Waals surface area contributed by atoms with Gasteiger partial charge in [-0.1, -0.05) is 36.4 Å². The summed E-state index contributed by atoms with van der Waals surface area (Å²) in [6.07, 6.45) is 1.01. The van der Waals surface area contributed by atoms with E-state index in [1.54, 1.807) is 7.11 Å². The summed E-state index contributed by atoms with van der Waals surface area (Å²) in [5.74, 6) is 1.49. The van der Waals surface area contributed by atoms with Crippen LogP contribution in [0.4, 0.5) is 5.69 Å². The lowest BCUT2D eigenvalue weighted by Gasteiger charge is -2.18. The molecule has 0 saturated carbocycles. The van der Waals surface area contributed by atoms with Gasteiger partial charge in [0.15, 0.2) is 0 Å². The van der Waals surface area contributed by atoms with Gasteiger partial charge >= 0.3 is 0 Å². The lowest BCUT2D eigenvalue weighted by Crippen LogP contribution is -2.18. The van der Waals surface area contributed by atoms with Crippen LogP contribution in [-0.2, 0) is 6.42 Å². The summed E-state index contributed by atoms with van der Waals surface area (Å²) < 4.78 is 5.46. The van der Waals surface area contributed by atoms with Gasteiger partial charge in [-0.05, 0) is 36.6 Å². The second-order valence-electron chi connectivity index (χ2n) is 5.14. The molecule has 0 amide bonds. The first kappa shape index (κ1) is 12.1. The number of para-hydroxylation sites is 2. The van der Waals surface area contributed by atoms with E-state index in [0.29, 0.717) is 12.0 Å². The molecule has 1 N–H and O–H groups in total. The van der Waals surface area contributed by atoms with E-state index in [-0.39, 0.29) is 0 Å². The van der Waals surface area contributed by atoms with Crippen LogP contribution in [0.2, 0.25) is 0 Å². The molecule has 0 spiro atoms. The van der Waals surface area contributed by atoms with Crippen molar-refractivity contribution in [1.29, 1.82) is 0 Å². The van der Waals surface area contributed by atoms with Gasteiger partial charge in [0, 0.05) is 17.6 Å². The molecule has 2 aromatic rings. The fourth-order valence-electron chi connectivity index (χ4n) is 2.96. The van der Waals surface area contributed by atoms with Crippen molar-refractivity contribution in [2.24, 2.45) is 0 Å². The largest absolute Gasteiger partial charge is 0.496 e. The highest BCUT2D eigenvalue weighted by molar-refractivity contribution is 5.59. The van der Waals surface area contributed by atoms with E-state index >= 15 is 0 Å². The van der Waals surface area contributed by atoms with E-state index in [1.165, 1.54) is 16.8 Å². The van der Waals surface area contributed by atoms with Crippen molar-refractivity contribution in [3.63, 3.8) is 0 Å². The van der Waals surface area contributed by atoms with Crippen LogP contribution in [0.3, 0.4) is 0 Å². The van der Waals surface area contributed by atoms with Gasteiger partial charge < -0.3 is 10.1 Å². The van der Waals surface area contributed by atoms with Crippen molar-refractivity contribution < 1.29 is 4.74 Å². The molecule has 1 aliphatic rings. The molecule has 19 heavy (non-hydrogen) atoms. The van der Waals surface area contributed by atoms with Crippen LogP contribution >= 0.6 is 0 Å². The third-order valence-corrected chi connectivity index (χ3v) is 3.98. The molecule has 0 aliphatic carbocycles. The lowest BCUT2D eigenvalue weighted by molar-refractivity contribution is 0.407. The van der Waals surface area contributed by atoms with Crippen LogP contribution in [0.15, 0.2) is 48.5 Å². The standard InChI is InChI=1S/C17H19NO/c1-12-15(14-8-4-5-9-16(14)18-12)11-13-7-3-6-10-17(13)19-2/h3-10,12,15,18H,11H2,1-2H3. The monoisotopic (exact) mass is 253 g/mol. The van der Waals surface area contributed by atoms with Crippen LogP contribution in [-0.4, -0.2) is 13.2 Å². The quantitative estimate of drug-likeness (QED) is 0.897. The summed E-state index contributed by atoms with van der Waals surface area (Å²) in [4.78, 5) is 0. The van der Waals surface area contributed by atoms with Crippen LogP contribution in [0.5, 0.6) is 5.75 Å². The summed E-state index contributed by atoms with van der Waals surface area (Å²) in [7, 11) is 1.74. The third kappa shape index (κ3) is 2.19. The molecule has 0 saturated heterocycles. The number of anilines is 1. The molecule has 0 radical (unpaired) electrons. The normalized spacial score (nSPS) is 20.7. The van der Waals surface area contributed by atoms with Gasteiger partial charge in [-0.3, -0.25) is 0 Å². The van der Waals surface area contributed by atoms with Crippen LogP contribution in [0.25, 0.3) is 0 Å². The summed E-state index contributed by atoms with van der Waals surface area (Å²) >= 11 is 0. The van der Waals surface area contributed by atoms with Gasteiger partial charge in [0.2, 0.25) is 0 Å². The highest BCUT2D eigenvalue weighted by Gasteiger charge is 2.29. The summed E-state index contributed by atoms with van der Waals surface area (Å²) in [5.41, 5.74) is 3.97. The molecule has 3 rings (SSSR count). The maximum atomic E-state index is 5.46. The molecule has 0 fully saturated rings. The number of fused-ring (bicyclic) bond motifs is 1. The first-order valence-electron chi connectivity index (χ1n) is 6.77. The SMILES string of the molecule is COc1ccccc1CC1c2ccccc2NC1C. The lowest BCUT2D eigenvalue weighted by atomic mass is 9.89. The minimum absolute atomic E-state index is 0.460. The number of nitrogens with one attached hydrogen (secondary N) is 1. The number of ether oxygens (including phenoxy) is 1. The highest BCUT2D eigenvalue weighted by atomic mass is 16.5. The molecule has 0 aromatic heterocycles. The Morgan fingerprint density at radius 2 is 1.79 bits per heavy atom. The maximum absolute atomic E-state index is 5.46. The van der Waals surface area contributed by atoms with Gasteiger partial charge in [-0.25, -0.2) is 0 Å². The van der Waals surface area contributed by atoms with E-state index in [9.17, 15) is 0 Å². The van der Waals surface area contributed by atoms with Crippen molar-refractivity contribution in [1.82, 2.24) is 0 Å². The van der Waals surface area contributed by atoms with Gasteiger partial charge in [-0.2, -0.15) is 0 Å². The Bertz CT molecular complexity index is 579. The van der Waals surface area contributed by atoms with Crippen molar-refractivity contribution >= 4 is 5.69 Å². The predicted octanol–water partition coefficient (Wildman–Crippen LogP) is 3.84. The van der Waals surface area contributed by atoms with E-state index < -0.39 is 0 Å². The number of hydrogen-bond acceptors (Lipinski definition) is 2. The van der Waals surface area contributed by atoms with Crippen molar-refractivity contribution in [3.8, 4) is 5.75 Å². The zero-order chi connectivity index (χ0) is 13.2. The van der Waals surface area contributed by atoms with Gasteiger partial charge in [0.1, 0.15) is 5.75 Å². The average Bonchev–Trinajstić information content (AvgIpc) is 2.76. The van der Waals surface area contributed by atoms with Gasteiger partial charge in [0.25, 0.3) is 0 Å². The minimum Gasteiger partial charge on any atom is -0.496 e. The Morgan fingerprint density at radius 1 is 1.05 bits per heavy atom. The fourth-order valence-corrected chi connectivity index (χ4v) is 2.96. The van der Waals surface area contributed by atoms with Crippen molar-refractivity contribution in [3.05, 3.63) is 59.7 Å². The molecule has 98 valence electrons. The molecule has 2 unspecified atom stereocenters. The molecule has 1 aliphatic heterocycles. The molecular formula is C17H19NO. The molecule has 0 bridgehead atoms. The molecule has 1 heterocycles. The molecule has 2 nitrogen and oxygen atoms in total. The van der Waals surface area contributed by atoms with Gasteiger partial charge in [-0.15, -0.1) is 0 Å². The molecule has 2 atom stereocenters. The highest BCUT2D eigenvalue weighted by Crippen LogP contribution is 2.38. The summed E-state index contributed by atoms with van der Waals surface area (Å²) in [5, 5.41) is 3.56. The van der Waals surface area contributed by atoms with Crippen molar-refractivity contribution in [2.45, 2.75) is 25.3 Å². The number of rotatable bonds is 3. The third-order valence-electron chi connectivity index (χ3n) is 3.98. The Balaban J connectivity index is 1.91. The van der Waals surface area contributed by atoms with E-state index in [0.717, 1.165) is 12.2 Å². The number of benzene rings is 2. The molecule has 2 heteroatoms. The Kier molecular flexibility index (Phi) is 3.16. The Morgan fingerprint density at radius 3 is 2.63 bits per heavy atom. The number of hydrogen-bond donors (Lipinski definition) is 1. The predicted molar refractivity (Wildman–Crippen MR) is 79.0 cm³/mol. The number of methoxy groups -OCH3 is 1. The van der Waals surface area contributed by atoms with Crippen LogP contribution < -0.4 is 10.1 Å². The zero-order valence-electron chi connectivity index (χ0n) is 11.4. The first-order chi connectivity index (χ1) is 9.29. The first-order valence-corrected chi connectivity index (χ1v) is 6.77. The maximum Gasteiger partial charge on any atom is 0.122 e.